The molecular weight excluding hydrogens is 256 g/mol. The van der Waals surface area contributed by atoms with Crippen molar-refractivity contribution < 1.29 is 0 Å². The fourth-order valence-corrected chi connectivity index (χ4v) is 1.90. The molecule has 1 unspecified atom stereocenters. The van der Waals surface area contributed by atoms with Crippen molar-refractivity contribution in [3.05, 3.63) is 18.7 Å². The van der Waals surface area contributed by atoms with E-state index in [0.29, 0.717) is 23.9 Å². The zero-order chi connectivity index (χ0) is 14.4. The molecule has 8 heteroatoms. The molecule has 2 aromatic heterocycles. The molecular formula is C12H20N8. The van der Waals surface area contributed by atoms with Crippen LogP contribution in [0.15, 0.2) is 18.7 Å². The van der Waals surface area contributed by atoms with Gasteiger partial charge in [-0.25, -0.2) is 10.8 Å². The minimum Gasteiger partial charge on any atom is -0.351 e. The van der Waals surface area contributed by atoms with Gasteiger partial charge in [-0.05, 0) is 12.8 Å². The predicted molar refractivity (Wildman–Crippen MR) is 77.4 cm³/mol. The molecule has 0 aromatic carbocycles. The van der Waals surface area contributed by atoms with Crippen LogP contribution in [0.2, 0.25) is 0 Å². The summed E-state index contributed by atoms with van der Waals surface area (Å²) in [4.78, 5) is 16.8. The van der Waals surface area contributed by atoms with Gasteiger partial charge in [-0.2, -0.15) is 15.0 Å². The lowest BCUT2D eigenvalue weighted by molar-refractivity contribution is 0.616. The van der Waals surface area contributed by atoms with Gasteiger partial charge >= 0.3 is 0 Å². The molecule has 108 valence electrons. The smallest absolute Gasteiger partial charge is 0.243 e. The average molecular weight is 276 g/mol. The Morgan fingerprint density at radius 2 is 2.05 bits per heavy atom. The highest BCUT2D eigenvalue weighted by Crippen LogP contribution is 2.12. The highest BCUT2D eigenvalue weighted by molar-refractivity contribution is 5.37. The third kappa shape index (κ3) is 3.41. The zero-order valence-electron chi connectivity index (χ0n) is 11.7. The third-order valence-corrected chi connectivity index (χ3v) is 2.95. The third-order valence-electron chi connectivity index (χ3n) is 2.95. The van der Waals surface area contributed by atoms with E-state index in [4.69, 9.17) is 5.84 Å². The van der Waals surface area contributed by atoms with Gasteiger partial charge in [0.05, 0.1) is 0 Å². The maximum absolute atomic E-state index is 5.41. The van der Waals surface area contributed by atoms with Crippen molar-refractivity contribution in [2.75, 3.05) is 10.7 Å². The zero-order valence-corrected chi connectivity index (χ0v) is 11.7. The maximum atomic E-state index is 5.41. The number of hydrazine groups is 1. The van der Waals surface area contributed by atoms with Gasteiger partial charge in [0, 0.05) is 18.4 Å². The average Bonchev–Trinajstić information content (AvgIpc) is 3.00. The molecule has 0 saturated heterocycles. The molecule has 8 nitrogen and oxygen atoms in total. The highest BCUT2D eigenvalue weighted by Gasteiger charge is 2.11. The number of hydrogen-bond donors (Lipinski definition) is 3. The number of nitrogens with two attached hydrogens (primary N) is 1. The van der Waals surface area contributed by atoms with E-state index in [-0.39, 0.29) is 0 Å². The van der Waals surface area contributed by atoms with Crippen LogP contribution < -0.4 is 16.6 Å². The summed E-state index contributed by atoms with van der Waals surface area (Å²) in [5.41, 5.74) is 2.46. The molecule has 0 aliphatic rings. The second kappa shape index (κ2) is 6.80. The number of hydrogen-bond acceptors (Lipinski definition) is 7. The Bertz CT molecular complexity index is 524. The van der Waals surface area contributed by atoms with Gasteiger partial charge in [0.25, 0.3) is 0 Å². The number of nitrogens with zero attached hydrogens (tertiary/aromatic N) is 5. The Balaban J connectivity index is 2.26. The Labute approximate surface area is 117 Å². The molecule has 0 fully saturated rings. The minimum absolute atomic E-state index is 0.317. The Morgan fingerprint density at radius 3 is 2.65 bits per heavy atom. The number of aromatic nitrogens is 5. The van der Waals surface area contributed by atoms with Gasteiger partial charge in [-0.1, -0.05) is 20.3 Å². The molecule has 0 amide bonds. The van der Waals surface area contributed by atoms with Crippen LogP contribution in [0.25, 0.3) is 5.95 Å². The Morgan fingerprint density at radius 1 is 1.25 bits per heavy atom. The maximum Gasteiger partial charge on any atom is 0.243 e. The van der Waals surface area contributed by atoms with Crippen LogP contribution in [-0.4, -0.2) is 30.5 Å². The summed E-state index contributed by atoms with van der Waals surface area (Å²) in [7, 11) is 0. The van der Waals surface area contributed by atoms with Crippen LogP contribution >= 0.6 is 0 Å². The van der Waals surface area contributed by atoms with E-state index in [1.54, 1.807) is 23.3 Å². The molecule has 0 spiro atoms. The monoisotopic (exact) mass is 276 g/mol. The van der Waals surface area contributed by atoms with E-state index in [2.05, 4.69) is 44.5 Å². The fourth-order valence-electron chi connectivity index (χ4n) is 1.90. The van der Waals surface area contributed by atoms with Crippen molar-refractivity contribution in [2.45, 2.75) is 39.2 Å². The highest BCUT2D eigenvalue weighted by atomic mass is 15.4. The van der Waals surface area contributed by atoms with Crippen molar-refractivity contribution in [1.82, 2.24) is 24.5 Å². The predicted octanol–water partition coefficient (Wildman–Crippen LogP) is 1.33. The Kier molecular flexibility index (Phi) is 4.83. The van der Waals surface area contributed by atoms with Crippen molar-refractivity contribution in [2.24, 2.45) is 5.84 Å². The lowest BCUT2D eigenvalue weighted by Crippen LogP contribution is -2.22. The second-order valence-electron chi connectivity index (χ2n) is 4.44. The molecule has 4 N–H and O–H groups in total. The molecule has 0 saturated carbocycles. The molecule has 20 heavy (non-hydrogen) atoms. The first kappa shape index (κ1) is 14.2. The standard InChI is InChI=1S/C12H20N8/c1-3-5-9(4-2)15-10-16-11(19-13)18-12(17-10)20-7-6-14-8-20/h6-9H,3-5,13H2,1-2H3,(H2,15,16,17,18,19). The second-order valence-corrected chi connectivity index (χ2v) is 4.44. The molecule has 0 aliphatic carbocycles. The Hall–Kier alpha value is -2.22. The van der Waals surface area contributed by atoms with Gasteiger partial charge in [-0.3, -0.25) is 9.99 Å². The largest absolute Gasteiger partial charge is 0.351 e. The summed E-state index contributed by atoms with van der Waals surface area (Å²) in [5.74, 6) is 6.71. The molecule has 0 aliphatic heterocycles. The minimum atomic E-state index is 0.317. The van der Waals surface area contributed by atoms with Gasteiger partial charge in [-0.15, -0.1) is 0 Å². The molecule has 2 aromatic rings. The summed E-state index contributed by atoms with van der Waals surface area (Å²) >= 11 is 0. The van der Waals surface area contributed by atoms with E-state index in [9.17, 15) is 0 Å². The van der Waals surface area contributed by atoms with Crippen molar-refractivity contribution in [1.29, 1.82) is 0 Å². The van der Waals surface area contributed by atoms with Gasteiger partial charge < -0.3 is 5.32 Å². The SMILES string of the molecule is CCCC(CC)Nc1nc(NN)nc(-n2ccnc2)n1. The fraction of sp³-hybridized carbons (Fsp3) is 0.500. The number of nitrogen functional groups attached to an aromatic ring is 1. The van der Waals surface area contributed by atoms with Crippen molar-refractivity contribution in [3.8, 4) is 5.95 Å². The topological polar surface area (TPSA) is 107 Å². The lowest BCUT2D eigenvalue weighted by Gasteiger charge is -2.16. The van der Waals surface area contributed by atoms with Crippen molar-refractivity contribution in [3.63, 3.8) is 0 Å². The number of imidazole rings is 1. The molecule has 2 heterocycles. The van der Waals surface area contributed by atoms with E-state index < -0.39 is 0 Å². The van der Waals surface area contributed by atoms with Crippen LogP contribution in [0.5, 0.6) is 0 Å². The summed E-state index contributed by atoms with van der Waals surface area (Å²) in [6, 6.07) is 0.337. The van der Waals surface area contributed by atoms with Crippen LogP contribution in [0.4, 0.5) is 11.9 Å². The van der Waals surface area contributed by atoms with Crippen LogP contribution in [0, 0.1) is 0 Å². The van der Waals surface area contributed by atoms with E-state index in [1.807, 2.05) is 0 Å². The van der Waals surface area contributed by atoms with Gasteiger partial charge in [0.15, 0.2) is 0 Å². The summed E-state index contributed by atoms with van der Waals surface area (Å²) in [6.07, 6.45) is 8.23. The van der Waals surface area contributed by atoms with Crippen LogP contribution in [0.3, 0.4) is 0 Å². The lowest BCUT2D eigenvalue weighted by atomic mass is 10.1. The first-order valence-electron chi connectivity index (χ1n) is 6.74. The van der Waals surface area contributed by atoms with E-state index in [0.717, 1.165) is 19.3 Å². The van der Waals surface area contributed by atoms with Crippen LogP contribution in [-0.2, 0) is 0 Å². The quantitative estimate of drug-likeness (QED) is 0.517. The molecule has 0 radical (unpaired) electrons. The molecule has 0 bridgehead atoms. The summed E-state index contributed by atoms with van der Waals surface area (Å²) in [5, 5.41) is 3.32. The normalized spacial score (nSPS) is 12.2. The number of anilines is 2. The first-order chi connectivity index (χ1) is 9.76. The van der Waals surface area contributed by atoms with Crippen LogP contribution in [0.1, 0.15) is 33.1 Å². The number of rotatable bonds is 7. The van der Waals surface area contributed by atoms with E-state index in [1.165, 1.54) is 0 Å². The first-order valence-corrected chi connectivity index (χ1v) is 6.74. The molecule has 2 rings (SSSR count). The summed E-state index contributed by atoms with van der Waals surface area (Å²) < 4.78 is 1.70. The van der Waals surface area contributed by atoms with Gasteiger partial charge in [0.2, 0.25) is 17.8 Å². The van der Waals surface area contributed by atoms with Crippen molar-refractivity contribution >= 4 is 11.9 Å². The van der Waals surface area contributed by atoms with Gasteiger partial charge in [0.1, 0.15) is 6.33 Å². The summed E-state index contributed by atoms with van der Waals surface area (Å²) in [6.45, 7) is 4.29. The molecule has 1 atom stereocenters. The van der Waals surface area contributed by atoms with E-state index >= 15 is 0 Å². The number of nitrogens with one attached hydrogen (secondary N) is 2.